The van der Waals surface area contributed by atoms with E-state index in [0.717, 1.165) is 27.6 Å². The summed E-state index contributed by atoms with van der Waals surface area (Å²) in [6.45, 7) is 4.42. The fourth-order valence-corrected chi connectivity index (χ4v) is 4.01. The standard InChI is InChI=1S/C27H24N4O2/c1-18-6-4-8-20(14-18)21-10-11-23-16-24(13-12-22(23)15-21)33-17-25-19(2)7-5-9-26(25)31-27(32)30(3)28-29-31/h4-16H,17H2,1-3H3. The number of hydrogen-bond acceptors (Lipinski definition) is 4. The Labute approximate surface area is 191 Å². The molecule has 5 aromatic rings. The zero-order valence-electron chi connectivity index (χ0n) is 18.8. The lowest BCUT2D eigenvalue weighted by molar-refractivity contribution is 0.305. The van der Waals surface area contributed by atoms with E-state index in [9.17, 15) is 4.79 Å². The molecule has 0 aliphatic rings. The number of tetrazole rings is 1. The van der Waals surface area contributed by atoms with Crippen LogP contribution in [-0.4, -0.2) is 19.8 Å². The number of aryl methyl sites for hydroxylation is 3. The molecular formula is C27H24N4O2. The van der Waals surface area contributed by atoms with Gasteiger partial charge in [0.1, 0.15) is 12.4 Å². The van der Waals surface area contributed by atoms with Crippen LogP contribution in [0.3, 0.4) is 0 Å². The van der Waals surface area contributed by atoms with Crippen molar-refractivity contribution in [2.75, 3.05) is 0 Å². The molecule has 0 saturated heterocycles. The van der Waals surface area contributed by atoms with Crippen LogP contribution in [0.5, 0.6) is 5.75 Å². The van der Waals surface area contributed by atoms with Crippen LogP contribution in [0.25, 0.3) is 27.6 Å². The van der Waals surface area contributed by atoms with Crippen LogP contribution in [-0.2, 0) is 13.7 Å². The van der Waals surface area contributed by atoms with Crippen molar-refractivity contribution in [2.45, 2.75) is 20.5 Å². The van der Waals surface area contributed by atoms with Crippen molar-refractivity contribution >= 4 is 10.8 Å². The fourth-order valence-electron chi connectivity index (χ4n) is 4.01. The van der Waals surface area contributed by atoms with E-state index in [1.54, 1.807) is 7.05 Å². The molecule has 0 fully saturated rings. The molecule has 0 amide bonds. The minimum absolute atomic E-state index is 0.294. The van der Waals surface area contributed by atoms with Gasteiger partial charge in [-0.3, -0.25) is 0 Å². The summed E-state index contributed by atoms with van der Waals surface area (Å²) in [7, 11) is 1.58. The van der Waals surface area contributed by atoms with Crippen LogP contribution in [0.1, 0.15) is 16.7 Å². The van der Waals surface area contributed by atoms with Gasteiger partial charge < -0.3 is 4.74 Å². The lowest BCUT2D eigenvalue weighted by atomic mass is 10.00. The topological polar surface area (TPSA) is 61.9 Å². The van der Waals surface area contributed by atoms with E-state index < -0.39 is 0 Å². The second-order valence-electron chi connectivity index (χ2n) is 8.25. The zero-order chi connectivity index (χ0) is 22.9. The van der Waals surface area contributed by atoms with Crippen molar-refractivity contribution in [1.29, 1.82) is 0 Å². The number of ether oxygens (including phenoxy) is 1. The zero-order valence-corrected chi connectivity index (χ0v) is 18.8. The molecule has 1 heterocycles. The SMILES string of the molecule is Cc1cccc(-c2ccc3cc(OCc4c(C)cccc4-n4nnn(C)c4=O)ccc3c2)c1. The van der Waals surface area contributed by atoms with Gasteiger partial charge in [-0.2, -0.15) is 9.36 Å². The molecule has 33 heavy (non-hydrogen) atoms. The van der Waals surface area contributed by atoms with Gasteiger partial charge in [0.25, 0.3) is 0 Å². The van der Waals surface area contributed by atoms with Crippen LogP contribution in [0.15, 0.2) is 83.7 Å². The molecule has 0 spiro atoms. The molecule has 6 heteroatoms. The quantitative estimate of drug-likeness (QED) is 0.390. The molecule has 0 unspecified atom stereocenters. The van der Waals surface area contributed by atoms with E-state index in [4.69, 9.17) is 4.74 Å². The number of aromatic nitrogens is 4. The predicted octanol–water partition coefficient (Wildman–Crippen LogP) is 4.98. The summed E-state index contributed by atoms with van der Waals surface area (Å²) in [5.74, 6) is 0.770. The van der Waals surface area contributed by atoms with E-state index in [2.05, 4.69) is 65.9 Å². The smallest absolute Gasteiger partial charge is 0.368 e. The molecule has 0 saturated carbocycles. The highest BCUT2D eigenvalue weighted by Crippen LogP contribution is 2.28. The van der Waals surface area contributed by atoms with Crippen molar-refractivity contribution in [3.63, 3.8) is 0 Å². The van der Waals surface area contributed by atoms with Gasteiger partial charge in [0.2, 0.25) is 0 Å². The van der Waals surface area contributed by atoms with Crippen molar-refractivity contribution in [3.8, 4) is 22.6 Å². The molecule has 4 aromatic carbocycles. The van der Waals surface area contributed by atoms with Gasteiger partial charge in [0, 0.05) is 12.6 Å². The molecule has 0 bridgehead atoms. The lowest BCUT2D eigenvalue weighted by Crippen LogP contribution is -2.23. The van der Waals surface area contributed by atoms with Gasteiger partial charge in [-0.15, -0.1) is 0 Å². The normalized spacial score (nSPS) is 11.1. The van der Waals surface area contributed by atoms with Crippen LogP contribution in [0.4, 0.5) is 0 Å². The molecule has 1 aromatic heterocycles. The van der Waals surface area contributed by atoms with E-state index in [1.165, 1.54) is 26.1 Å². The largest absolute Gasteiger partial charge is 0.489 e. The van der Waals surface area contributed by atoms with E-state index in [-0.39, 0.29) is 5.69 Å². The van der Waals surface area contributed by atoms with Gasteiger partial charge in [-0.1, -0.05) is 60.2 Å². The van der Waals surface area contributed by atoms with Crippen LogP contribution in [0.2, 0.25) is 0 Å². The average molecular weight is 437 g/mol. The summed E-state index contributed by atoms with van der Waals surface area (Å²) in [6, 6.07) is 26.8. The first-order chi connectivity index (χ1) is 16.0. The first-order valence-corrected chi connectivity index (χ1v) is 10.8. The number of nitrogens with zero attached hydrogens (tertiary/aromatic N) is 4. The average Bonchev–Trinajstić information content (AvgIpc) is 3.15. The summed E-state index contributed by atoms with van der Waals surface area (Å²) >= 11 is 0. The maximum Gasteiger partial charge on any atom is 0.368 e. The summed E-state index contributed by atoms with van der Waals surface area (Å²) < 4.78 is 8.66. The van der Waals surface area contributed by atoms with Gasteiger partial charge in [0.05, 0.1) is 5.69 Å². The third-order valence-electron chi connectivity index (χ3n) is 5.88. The second kappa shape index (κ2) is 8.39. The molecule has 6 nitrogen and oxygen atoms in total. The first kappa shape index (κ1) is 20.7. The van der Waals surface area contributed by atoms with Crippen molar-refractivity contribution in [3.05, 3.63) is 106 Å². The Balaban J connectivity index is 1.42. The maximum absolute atomic E-state index is 12.4. The van der Waals surface area contributed by atoms with E-state index in [1.807, 2.05) is 37.3 Å². The third kappa shape index (κ3) is 4.03. The van der Waals surface area contributed by atoms with Crippen LogP contribution >= 0.6 is 0 Å². The molecule has 0 N–H and O–H groups in total. The molecule has 0 atom stereocenters. The summed E-state index contributed by atoms with van der Waals surface area (Å²) in [4.78, 5) is 12.4. The highest BCUT2D eigenvalue weighted by atomic mass is 16.5. The molecule has 0 aliphatic heterocycles. The van der Waals surface area contributed by atoms with E-state index in [0.29, 0.717) is 12.3 Å². The Hall–Kier alpha value is -4.19. The Morgan fingerprint density at radius 1 is 0.818 bits per heavy atom. The fraction of sp³-hybridized carbons (Fsp3) is 0.148. The minimum atomic E-state index is -0.294. The monoisotopic (exact) mass is 436 g/mol. The summed E-state index contributed by atoms with van der Waals surface area (Å²) in [5, 5.41) is 10.1. The minimum Gasteiger partial charge on any atom is -0.489 e. The molecule has 5 rings (SSSR count). The Morgan fingerprint density at radius 2 is 1.58 bits per heavy atom. The first-order valence-electron chi connectivity index (χ1n) is 10.8. The Kier molecular flexibility index (Phi) is 5.26. The van der Waals surface area contributed by atoms with Gasteiger partial charge in [0.15, 0.2) is 0 Å². The Morgan fingerprint density at radius 3 is 2.36 bits per heavy atom. The second-order valence-corrected chi connectivity index (χ2v) is 8.25. The summed E-state index contributed by atoms with van der Waals surface area (Å²) in [6.07, 6.45) is 0. The predicted molar refractivity (Wildman–Crippen MR) is 130 cm³/mol. The van der Waals surface area contributed by atoms with Gasteiger partial charge in [-0.25, -0.2) is 4.79 Å². The van der Waals surface area contributed by atoms with Crippen LogP contribution < -0.4 is 10.4 Å². The van der Waals surface area contributed by atoms with Gasteiger partial charge >= 0.3 is 5.69 Å². The number of benzene rings is 4. The maximum atomic E-state index is 12.4. The van der Waals surface area contributed by atoms with Crippen molar-refractivity contribution < 1.29 is 4.74 Å². The number of hydrogen-bond donors (Lipinski definition) is 0. The third-order valence-corrected chi connectivity index (χ3v) is 5.88. The van der Waals surface area contributed by atoms with Gasteiger partial charge in [-0.05, 0) is 76.0 Å². The highest BCUT2D eigenvalue weighted by molar-refractivity contribution is 5.88. The molecule has 0 aliphatic carbocycles. The Bertz CT molecular complexity index is 1530. The lowest BCUT2D eigenvalue weighted by Gasteiger charge is -2.13. The molecule has 0 radical (unpaired) electrons. The number of rotatable bonds is 5. The molecule has 164 valence electrons. The van der Waals surface area contributed by atoms with Crippen LogP contribution in [0, 0.1) is 13.8 Å². The number of fused-ring (bicyclic) bond motifs is 1. The van der Waals surface area contributed by atoms with Crippen molar-refractivity contribution in [2.24, 2.45) is 7.05 Å². The summed E-state index contributed by atoms with van der Waals surface area (Å²) in [5.41, 5.74) is 5.95. The molecular weight excluding hydrogens is 412 g/mol. The van der Waals surface area contributed by atoms with Crippen molar-refractivity contribution in [1.82, 2.24) is 19.8 Å². The van der Waals surface area contributed by atoms with E-state index >= 15 is 0 Å². The highest BCUT2D eigenvalue weighted by Gasteiger charge is 2.13.